The van der Waals surface area contributed by atoms with Gasteiger partial charge in [0.05, 0.1) is 12.8 Å². The summed E-state index contributed by atoms with van der Waals surface area (Å²) < 4.78 is 5.58. The highest BCUT2D eigenvalue weighted by atomic mass is 16.5. The number of benzene rings is 1. The van der Waals surface area contributed by atoms with E-state index < -0.39 is 0 Å². The third-order valence-corrected chi connectivity index (χ3v) is 3.50. The van der Waals surface area contributed by atoms with Gasteiger partial charge in [0.15, 0.2) is 0 Å². The molecule has 0 spiro atoms. The van der Waals surface area contributed by atoms with Gasteiger partial charge >= 0.3 is 0 Å². The predicted octanol–water partition coefficient (Wildman–Crippen LogP) is 3.37. The van der Waals surface area contributed by atoms with E-state index in [4.69, 9.17) is 4.74 Å². The van der Waals surface area contributed by atoms with Crippen molar-refractivity contribution in [2.45, 2.75) is 27.2 Å². The average molecular weight is 271 g/mol. The van der Waals surface area contributed by atoms with Crippen molar-refractivity contribution in [1.29, 1.82) is 0 Å². The molecule has 1 N–H and O–H groups in total. The van der Waals surface area contributed by atoms with Crippen molar-refractivity contribution >= 4 is 5.82 Å². The molecule has 4 nitrogen and oxygen atoms in total. The Morgan fingerprint density at radius 1 is 1.20 bits per heavy atom. The van der Waals surface area contributed by atoms with Crippen molar-refractivity contribution in [3.8, 4) is 17.0 Å². The van der Waals surface area contributed by atoms with Crippen LogP contribution in [-0.2, 0) is 6.42 Å². The molecule has 0 saturated carbocycles. The monoisotopic (exact) mass is 271 g/mol. The Hall–Kier alpha value is -2.10. The molecular weight excluding hydrogens is 250 g/mol. The summed E-state index contributed by atoms with van der Waals surface area (Å²) in [4.78, 5) is 9.05. The Balaban J connectivity index is 2.64. The summed E-state index contributed by atoms with van der Waals surface area (Å²) in [5, 5.41) is 3.08. The molecule has 1 aromatic carbocycles. The van der Waals surface area contributed by atoms with Crippen LogP contribution in [-0.4, -0.2) is 24.1 Å². The highest BCUT2D eigenvalue weighted by Crippen LogP contribution is 2.34. The number of methoxy groups -OCH3 is 1. The van der Waals surface area contributed by atoms with E-state index in [9.17, 15) is 0 Å². The minimum Gasteiger partial charge on any atom is -0.496 e. The number of anilines is 1. The Morgan fingerprint density at radius 2 is 1.95 bits per heavy atom. The number of nitrogens with one attached hydrogen (secondary N) is 1. The maximum Gasteiger partial charge on any atom is 0.131 e. The predicted molar refractivity (Wildman–Crippen MR) is 82.4 cm³/mol. The van der Waals surface area contributed by atoms with E-state index >= 15 is 0 Å². The fraction of sp³-hybridized carbons (Fsp3) is 0.375. The van der Waals surface area contributed by atoms with Crippen molar-refractivity contribution < 1.29 is 4.74 Å². The molecule has 0 aliphatic carbocycles. The summed E-state index contributed by atoms with van der Waals surface area (Å²) in [5.41, 5.74) is 4.25. The third kappa shape index (κ3) is 2.59. The summed E-state index contributed by atoms with van der Waals surface area (Å²) in [7, 11) is 3.56. The number of aromatic nitrogens is 2. The Labute approximate surface area is 120 Å². The standard InChI is InChI=1S/C16H21N3O/c1-6-14-18-13(9-15(17-4)19-14)12-8-7-10(2)11(3)16(12)20-5/h7-9H,6H2,1-5H3,(H,17,18,19). The molecule has 0 saturated heterocycles. The topological polar surface area (TPSA) is 47.0 Å². The van der Waals surface area contributed by atoms with Crippen molar-refractivity contribution in [3.63, 3.8) is 0 Å². The fourth-order valence-electron chi connectivity index (χ4n) is 2.18. The van der Waals surface area contributed by atoms with Gasteiger partial charge in [-0.25, -0.2) is 9.97 Å². The van der Waals surface area contributed by atoms with Crippen molar-refractivity contribution in [1.82, 2.24) is 9.97 Å². The molecule has 1 aromatic heterocycles. The summed E-state index contributed by atoms with van der Waals surface area (Å²) in [6.45, 7) is 6.20. The number of ether oxygens (including phenoxy) is 1. The smallest absolute Gasteiger partial charge is 0.131 e. The van der Waals surface area contributed by atoms with Crippen LogP contribution in [0.2, 0.25) is 0 Å². The van der Waals surface area contributed by atoms with Crippen LogP contribution in [0, 0.1) is 13.8 Å². The van der Waals surface area contributed by atoms with Gasteiger partial charge in [-0.05, 0) is 31.0 Å². The van der Waals surface area contributed by atoms with E-state index in [1.807, 2.05) is 13.1 Å². The Bertz CT molecular complexity index is 601. The summed E-state index contributed by atoms with van der Waals surface area (Å²) >= 11 is 0. The van der Waals surface area contributed by atoms with E-state index in [-0.39, 0.29) is 0 Å². The van der Waals surface area contributed by atoms with E-state index in [0.717, 1.165) is 40.6 Å². The quantitative estimate of drug-likeness (QED) is 0.926. The van der Waals surface area contributed by atoms with Gasteiger partial charge in [0.1, 0.15) is 17.4 Å². The van der Waals surface area contributed by atoms with Gasteiger partial charge < -0.3 is 10.1 Å². The SMILES string of the molecule is CCc1nc(NC)cc(-c2ccc(C)c(C)c2OC)n1. The summed E-state index contributed by atoms with van der Waals surface area (Å²) in [6.07, 6.45) is 0.801. The van der Waals surface area contributed by atoms with Crippen LogP contribution in [0.1, 0.15) is 23.9 Å². The summed E-state index contributed by atoms with van der Waals surface area (Å²) in [6, 6.07) is 6.11. The highest BCUT2D eigenvalue weighted by Gasteiger charge is 2.13. The van der Waals surface area contributed by atoms with Gasteiger partial charge in [-0.2, -0.15) is 0 Å². The van der Waals surface area contributed by atoms with Crippen molar-refractivity contribution in [2.75, 3.05) is 19.5 Å². The van der Waals surface area contributed by atoms with E-state index in [0.29, 0.717) is 0 Å². The number of nitrogens with zero attached hydrogens (tertiary/aromatic N) is 2. The first-order chi connectivity index (χ1) is 9.60. The largest absolute Gasteiger partial charge is 0.496 e. The number of hydrogen-bond donors (Lipinski definition) is 1. The zero-order chi connectivity index (χ0) is 14.7. The van der Waals surface area contributed by atoms with Crippen molar-refractivity contribution in [3.05, 3.63) is 35.2 Å². The van der Waals surface area contributed by atoms with Gasteiger partial charge in [-0.1, -0.05) is 13.0 Å². The first-order valence-corrected chi connectivity index (χ1v) is 6.81. The van der Waals surface area contributed by atoms with Gasteiger partial charge in [-0.3, -0.25) is 0 Å². The van der Waals surface area contributed by atoms with Crippen LogP contribution in [0.5, 0.6) is 5.75 Å². The van der Waals surface area contributed by atoms with Crippen LogP contribution in [0.4, 0.5) is 5.82 Å². The second-order valence-corrected chi connectivity index (χ2v) is 4.75. The van der Waals surface area contributed by atoms with Crippen LogP contribution >= 0.6 is 0 Å². The van der Waals surface area contributed by atoms with Gasteiger partial charge in [-0.15, -0.1) is 0 Å². The second kappa shape index (κ2) is 5.90. The molecule has 0 amide bonds. The number of rotatable bonds is 4. The van der Waals surface area contributed by atoms with E-state index in [2.05, 4.69) is 48.2 Å². The number of hydrogen-bond acceptors (Lipinski definition) is 4. The van der Waals surface area contributed by atoms with Crippen LogP contribution in [0.15, 0.2) is 18.2 Å². The number of aryl methyl sites for hydroxylation is 2. The normalized spacial score (nSPS) is 10.4. The first-order valence-electron chi connectivity index (χ1n) is 6.81. The molecule has 1 heterocycles. The molecule has 106 valence electrons. The Morgan fingerprint density at radius 3 is 2.55 bits per heavy atom. The molecular formula is C16H21N3O. The van der Waals surface area contributed by atoms with Crippen LogP contribution in [0.3, 0.4) is 0 Å². The lowest BCUT2D eigenvalue weighted by molar-refractivity contribution is 0.413. The maximum atomic E-state index is 5.58. The second-order valence-electron chi connectivity index (χ2n) is 4.75. The lowest BCUT2D eigenvalue weighted by atomic mass is 10.0. The molecule has 2 rings (SSSR count). The molecule has 2 aromatic rings. The summed E-state index contributed by atoms with van der Waals surface area (Å²) in [5.74, 6) is 2.53. The molecule has 0 aliphatic heterocycles. The van der Waals surface area contributed by atoms with Gasteiger partial charge in [0.2, 0.25) is 0 Å². The lowest BCUT2D eigenvalue weighted by Crippen LogP contribution is -2.02. The minimum atomic E-state index is 0.801. The van der Waals surface area contributed by atoms with E-state index in [1.165, 1.54) is 5.56 Å². The minimum absolute atomic E-state index is 0.801. The van der Waals surface area contributed by atoms with E-state index in [1.54, 1.807) is 7.11 Å². The first kappa shape index (κ1) is 14.3. The fourth-order valence-corrected chi connectivity index (χ4v) is 2.18. The van der Waals surface area contributed by atoms with Crippen LogP contribution in [0.25, 0.3) is 11.3 Å². The molecule has 4 heteroatoms. The average Bonchev–Trinajstić information content (AvgIpc) is 2.49. The molecule has 0 bridgehead atoms. The third-order valence-electron chi connectivity index (χ3n) is 3.50. The van der Waals surface area contributed by atoms with Gasteiger partial charge in [0, 0.05) is 25.1 Å². The zero-order valence-corrected chi connectivity index (χ0v) is 12.7. The molecule has 20 heavy (non-hydrogen) atoms. The molecule has 0 radical (unpaired) electrons. The molecule has 0 atom stereocenters. The Kier molecular flexibility index (Phi) is 4.23. The zero-order valence-electron chi connectivity index (χ0n) is 12.7. The lowest BCUT2D eigenvalue weighted by Gasteiger charge is -2.14. The molecule has 0 fully saturated rings. The maximum absolute atomic E-state index is 5.58. The molecule has 0 unspecified atom stereocenters. The molecule has 0 aliphatic rings. The van der Waals surface area contributed by atoms with Crippen molar-refractivity contribution in [2.24, 2.45) is 0 Å². The highest BCUT2D eigenvalue weighted by molar-refractivity contribution is 5.72. The van der Waals surface area contributed by atoms with Gasteiger partial charge in [0.25, 0.3) is 0 Å². The van der Waals surface area contributed by atoms with Crippen LogP contribution < -0.4 is 10.1 Å².